The first kappa shape index (κ1) is 15.8. The zero-order valence-corrected chi connectivity index (χ0v) is 12.3. The highest BCUT2D eigenvalue weighted by molar-refractivity contribution is 6.00. The summed E-state index contributed by atoms with van der Waals surface area (Å²) >= 11 is 0. The summed E-state index contributed by atoms with van der Waals surface area (Å²) in [5, 5.41) is 5.28. The summed E-state index contributed by atoms with van der Waals surface area (Å²) in [6, 6.07) is 7.80. The lowest BCUT2D eigenvalue weighted by atomic mass is 10.0. The number of halogens is 1. The van der Waals surface area contributed by atoms with Crippen molar-refractivity contribution in [3.05, 3.63) is 54.2 Å². The lowest BCUT2D eigenvalue weighted by Gasteiger charge is -2.21. The first-order valence-electron chi connectivity index (χ1n) is 6.88. The van der Waals surface area contributed by atoms with Gasteiger partial charge in [-0.05, 0) is 42.3 Å². The average molecular weight is 304 g/mol. The molecule has 2 rings (SSSR count). The Bertz CT molecular complexity index is 636. The van der Waals surface area contributed by atoms with Crippen molar-refractivity contribution in [3.63, 3.8) is 0 Å². The van der Waals surface area contributed by atoms with Crippen LogP contribution in [0.1, 0.15) is 24.4 Å². The van der Waals surface area contributed by atoms with Crippen LogP contribution in [-0.2, 0) is 4.79 Å². The van der Waals surface area contributed by atoms with Crippen LogP contribution in [-0.4, -0.2) is 17.9 Å². The highest BCUT2D eigenvalue weighted by Gasteiger charge is 2.25. The van der Waals surface area contributed by atoms with Gasteiger partial charge in [0.25, 0.3) is 5.91 Å². The highest BCUT2D eigenvalue weighted by atomic mass is 19.1. The zero-order valence-electron chi connectivity index (χ0n) is 12.3. The number of carbonyl (C=O) groups excluding carboxylic acids is 2. The van der Waals surface area contributed by atoms with E-state index in [0.717, 1.165) is 0 Å². The van der Waals surface area contributed by atoms with Gasteiger partial charge in [-0.1, -0.05) is 13.8 Å². The monoisotopic (exact) mass is 304 g/mol. The van der Waals surface area contributed by atoms with Crippen molar-refractivity contribution in [2.75, 3.05) is 5.32 Å². The number of anilines is 1. The molecule has 5 nitrogen and oxygen atoms in total. The number of hydrogen-bond acceptors (Lipinski definition) is 3. The second-order valence-corrected chi connectivity index (χ2v) is 5.17. The molecule has 2 aromatic rings. The van der Waals surface area contributed by atoms with Gasteiger partial charge in [-0.25, -0.2) is 4.39 Å². The van der Waals surface area contributed by atoms with Gasteiger partial charge in [0.05, 0.1) is 6.26 Å². The first-order valence-corrected chi connectivity index (χ1v) is 6.88. The van der Waals surface area contributed by atoms with Crippen LogP contribution in [0.15, 0.2) is 47.1 Å². The van der Waals surface area contributed by atoms with Gasteiger partial charge < -0.3 is 15.1 Å². The van der Waals surface area contributed by atoms with E-state index in [1.165, 1.54) is 36.6 Å². The van der Waals surface area contributed by atoms with E-state index in [9.17, 15) is 14.0 Å². The Balaban J connectivity index is 2.05. The molecule has 1 atom stereocenters. The summed E-state index contributed by atoms with van der Waals surface area (Å²) in [5.41, 5.74) is 0.462. The molecule has 0 spiro atoms. The lowest BCUT2D eigenvalue weighted by Crippen LogP contribution is -2.47. The summed E-state index contributed by atoms with van der Waals surface area (Å²) in [7, 11) is 0. The molecule has 6 heteroatoms. The molecule has 0 unspecified atom stereocenters. The first-order chi connectivity index (χ1) is 10.5. The Morgan fingerprint density at radius 1 is 1.14 bits per heavy atom. The van der Waals surface area contributed by atoms with Crippen LogP contribution in [0.3, 0.4) is 0 Å². The van der Waals surface area contributed by atoms with Crippen LogP contribution in [0.25, 0.3) is 0 Å². The standard InChI is InChI=1S/C16H17FN2O3/c1-10(2)14(19-15(20)13-4-3-9-22-13)16(21)18-12-7-5-11(17)6-8-12/h3-10,14H,1-2H3,(H,18,21)(H,19,20)/t14-/m1/s1. The second-order valence-electron chi connectivity index (χ2n) is 5.17. The van der Waals surface area contributed by atoms with Crippen molar-refractivity contribution < 1.29 is 18.4 Å². The summed E-state index contributed by atoms with van der Waals surface area (Å²) in [6.07, 6.45) is 1.39. The van der Waals surface area contributed by atoms with Crippen LogP contribution < -0.4 is 10.6 Å². The van der Waals surface area contributed by atoms with Crippen molar-refractivity contribution in [2.45, 2.75) is 19.9 Å². The molecule has 1 heterocycles. The van der Waals surface area contributed by atoms with E-state index in [1.807, 2.05) is 13.8 Å². The van der Waals surface area contributed by atoms with E-state index in [-0.39, 0.29) is 23.4 Å². The Morgan fingerprint density at radius 3 is 2.36 bits per heavy atom. The van der Waals surface area contributed by atoms with Gasteiger partial charge in [-0.15, -0.1) is 0 Å². The predicted molar refractivity (Wildman–Crippen MR) is 79.8 cm³/mol. The van der Waals surface area contributed by atoms with Crippen molar-refractivity contribution >= 4 is 17.5 Å². The largest absolute Gasteiger partial charge is 0.459 e. The van der Waals surface area contributed by atoms with E-state index >= 15 is 0 Å². The van der Waals surface area contributed by atoms with Crippen molar-refractivity contribution in [3.8, 4) is 0 Å². The molecular formula is C16H17FN2O3. The third-order valence-electron chi connectivity index (χ3n) is 3.09. The number of benzene rings is 1. The van der Waals surface area contributed by atoms with Gasteiger partial charge in [-0.2, -0.15) is 0 Å². The summed E-state index contributed by atoms with van der Waals surface area (Å²) in [5.74, 6) is -1.21. The topological polar surface area (TPSA) is 71.3 Å². The number of carbonyl (C=O) groups is 2. The number of furan rings is 1. The van der Waals surface area contributed by atoms with Crippen molar-refractivity contribution in [1.29, 1.82) is 0 Å². The molecule has 0 aliphatic rings. The number of rotatable bonds is 5. The Labute approximate surface area is 127 Å². The number of hydrogen-bond donors (Lipinski definition) is 2. The van der Waals surface area contributed by atoms with E-state index < -0.39 is 11.9 Å². The average Bonchev–Trinajstić information content (AvgIpc) is 3.00. The highest BCUT2D eigenvalue weighted by Crippen LogP contribution is 2.12. The second kappa shape index (κ2) is 6.89. The third kappa shape index (κ3) is 3.94. The maximum Gasteiger partial charge on any atom is 0.287 e. The van der Waals surface area contributed by atoms with Crippen molar-refractivity contribution in [2.24, 2.45) is 5.92 Å². The molecule has 0 fully saturated rings. The molecule has 1 aromatic heterocycles. The molecular weight excluding hydrogens is 287 g/mol. The molecule has 2 N–H and O–H groups in total. The number of nitrogens with one attached hydrogen (secondary N) is 2. The maximum absolute atomic E-state index is 12.9. The van der Waals surface area contributed by atoms with Gasteiger partial charge in [0, 0.05) is 5.69 Å². The molecule has 0 aliphatic heterocycles. The fourth-order valence-corrected chi connectivity index (χ4v) is 1.91. The van der Waals surface area contributed by atoms with Crippen LogP contribution >= 0.6 is 0 Å². The molecule has 1 aromatic carbocycles. The quantitative estimate of drug-likeness (QED) is 0.892. The molecule has 0 bridgehead atoms. The molecule has 0 saturated carbocycles. The van der Waals surface area contributed by atoms with Gasteiger partial charge >= 0.3 is 0 Å². The van der Waals surface area contributed by atoms with Crippen LogP contribution in [0, 0.1) is 11.7 Å². The van der Waals surface area contributed by atoms with Crippen LogP contribution in [0.2, 0.25) is 0 Å². The minimum absolute atomic E-state index is 0.126. The Kier molecular flexibility index (Phi) is 4.93. The molecule has 22 heavy (non-hydrogen) atoms. The third-order valence-corrected chi connectivity index (χ3v) is 3.09. The SMILES string of the molecule is CC(C)[C@@H](NC(=O)c1ccco1)C(=O)Nc1ccc(F)cc1. The van der Waals surface area contributed by atoms with Gasteiger partial charge in [0.15, 0.2) is 5.76 Å². The summed E-state index contributed by atoms with van der Waals surface area (Å²) in [6.45, 7) is 3.63. The molecule has 0 saturated heterocycles. The Hall–Kier alpha value is -2.63. The Morgan fingerprint density at radius 2 is 1.82 bits per heavy atom. The summed E-state index contributed by atoms with van der Waals surface area (Å²) < 4.78 is 17.9. The normalized spacial score (nSPS) is 12.0. The lowest BCUT2D eigenvalue weighted by molar-refractivity contribution is -0.118. The van der Waals surface area contributed by atoms with E-state index in [4.69, 9.17) is 4.42 Å². The fraction of sp³-hybridized carbons (Fsp3) is 0.250. The van der Waals surface area contributed by atoms with Crippen LogP contribution in [0.5, 0.6) is 0 Å². The minimum atomic E-state index is -0.734. The molecule has 0 aliphatic carbocycles. The van der Waals surface area contributed by atoms with Gasteiger partial charge in [-0.3, -0.25) is 9.59 Å². The van der Waals surface area contributed by atoms with E-state index in [0.29, 0.717) is 5.69 Å². The molecule has 2 amide bonds. The van der Waals surface area contributed by atoms with E-state index in [2.05, 4.69) is 10.6 Å². The van der Waals surface area contributed by atoms with Crippen molar-refractivity contribution in [1.82, 2.24) is 5.32 Å². The molecule has 0 radical (unpaired) electrons. The molecule has 116 valence electrons. The smallest absolute Gasteiger partial charge is 0.287 e. The predicted octanol–water partition coefficient (Wildman–Crippen LogP) is 2.81. The van der Waals surface area contributed by atoms with Gasteiger partial charge in [0.1, 0.15) is 11.9 Å². The van der Waals surface area contributed by atoms with E-state index in [1.54, 1.807) is 6.07 Å². The van der Waals surface area contributed by atoms with Crippen LogP contribution in [0.4, 0.5) is 10.1 Å². The minimum Gasteiger partial charge on any atom is -0.459 e. The fourth-order valence-electron chi connectivity index (χ4n) is 1.91. The number of amides is 2. The maximum atomic E-state index is 12.9. The summed E-state index contributed by atoms with van der Waals surface area (Å²) in [4.78, 5) is 24.3. The van der Waals surface area contributed by atoms with Gasteiger partial charge in [0.2, 0.25) is 5.91 Å². The zero-order chi connectivity index (χ0) is 16.1.